The summed E-state index contributed by atoms with van der Waals surface area (Å²) < 4.78 is 11.1. The quantitative estimate of drug-likeness (QED) is 0.868. The number of amides is 1. The highest BCUT2D eigenvalue weighted by Gasteiger charge is 2.53. The number of hydrogen-bond acceptors (Lipinski definition) is 6. The van der Waals surface area contributed by atoms with Crippen molar-refractivity contribution in [2.75, 3.05) is 13.2 Å². The van der Waals surface area contributed by atoms with Crippen molar-refractivity contribution in [2.24, 2.45) is 17.8 Å². The number of aryl methyl sites for hydroxylation is 1. The van der Waals surface area contributed by atoms with Gasteiger partial charge in [0.2, 0.25) is 17.6 Å². The van der Waals surface area contributed by atoms with Crippen LogP contribution in [0.15, 0.2) is 16.7 Å². The molecule has 27 heavy (non-hydrogen) atoms. The van der Waals surface area contributed by atoms with Crippen LogP contribution in [0, 0.1) is 24.7 Å². The Morgan fingerprint density at radius 2 is 2.00 bits per heavy atom. The van der Waals surface area contributed by atoms with Gasteiger partial charge in [-0.15, -0.1) is 11.3 Å². The fraction of sp³-hybridized carbons (Fsp3) is 0.650. The fourth-order valence-corrected chi connectivity index (χ4v) is 5.98. The molecule has 2 bridgehead atoms. The molecule has 2 aromatic rings. The Labute approximate surface area is 162 Å². The van der Waals surface area contributed by atoms with Crippen molar-refractivity contribution in [1.82, 2.24) is 15.5 Å². The van der Waals surface area contributed by atoms with E-state index in [1.807, 2.05) is 6.07 Å². The van der Waals surface area contributed by atoms with Gasteiger partial charge in [-0.2, -0.15) is 4.98 Å². The molecule has 3 aliphatic rings. The molecule has 0 aromatic carbocycles. The second kappa shape index (κ2) is 7.02. The normalized spacial score (nSPS) is 30.7. The topological polar surface area (TPSA) is 77.2 Å². The molecule has 0 spiro atoms. The van der Waals surface area contributed by atoms with Gasteiger partial charge in [-0.25, -0.2) is 0 Å². The Bertz CT molecular complexity index is 826. The molecule has 7 heteroatoms. The first-order valence-corrected chi connectivity index (χ1v) is 10.8. The standard InChI is InChI=1S/C20H25N3O3S/c1-11-2-5-15(27-11)18-22-20(26-23-18)17-13-4-3-12(10-13)16(17)19(24)21-14-6-8-25-9-7-14/h2,5,12-14,16-17H,3-4,6-10H2,1H3,(H,21,24)/t12-,13+,16-,17-/m0/s1. The maximum absolute atomic E-state index is 13.1. The molecule has 144 valence electrons. The molecule has 5 rings (SSSR count). The third kappa shape index (κ3) is 3.21. The van der Waals surface area contributed by atoms with Gasteiger partial charge in [-0.3, -0.25) is 4.79 Å². The number of aromatic nitrogens is 2. The molecule has 1 N–H and O–H groups in total. The average molecular weight is 388 g/mol. The molecule has 3 heterocycles. The summed E-state index contributed by atoms with van der Waals surface area (Å²) in [4.78, 5) is 20.1. The number of rotatable bonds is 4. The van der Waals surface area contributed by atoms with Crippen LogP contribution < -0.4 is 5.32 Å². The maximum Gasteiger partial charge on any atom is 0.231 e. The third-order valence-corrected chi connectivity index (χ3v) is 7.47. The molecule has 0 radical (unpaired) electrons. The zero-order valence-corrected chi connectivity index (χ0v) is 16.3. The smallest absolute Gasteiger partial charge is 0.231 e. The van der Waals surface area contributed by atoms with Crippen molar-refractivity contribution in [3.05, 3.63) is 22.9 Å². The average Bonchev–Trinajstić information content (AvgIpc) is 3.45. The van der Waals surface area contributed by atoms with Gasteiger partial charge in [-0.05, 0) is 63.0 Å². The third-order valence-electron chi connectivity index (χ3n) is 6.47. The van der Waals surface area contributed by atoms with Crippen LogP contribution in [-0.4, -0.2) is 35.3 Å². The minimum Gasteiger partial charge on any atom is -0.381 e. The molecule has 2 saturated carbocycles. The predicted molar refractivity (Wildman–Crippen MR) is 101 cm³/mol. The monoisotopic (exact) mass is 387 g/mol. The summed E-state index contributed by atoms with van der Waals surface area (Å²) >= 11 is 1.67. The van der Waals surface area contributed by atoms with Crippen LogP contribution in [0.5, 0.6) is 0 Å². The number of nitrogens with one attached hydrogen (secondary N) is 1. The summed E-state index contributed by atoms with van der Waals surface area (Å²) in [6, 6.07) is 4.33. The van der Waals surface area contributed by atoms with Crippen LogP contribution in [0.1, 0.15) is 48.8 Å². The number of nitrogens with zero attached hydrogens (tertiary/aromatic N) is 2. The molecule has 1 saturated heterocycles. The van der Waals surface area contributed by atoms with Crippen molar-refractivity contribution in [3.8, 4) is 10.7 Å². The molecule has 2 aliphatic carbocycles. The molecule has 4 atom stereocenters. The van der Waals surface area contributed by atoms with Gasteiger partial charge in [-0.1, -0.05) is 5.16 Å². The minimum atomic E-state index is -0.0371. The van der Waals surface area contributed by atoms with Crippen molar-refractivity contribution in [3.63, 3.8) is 0 Å². The zero-order valence-electron chi connectivity index (χ0n) is 15.5. The van der Waals surface area contributed by atoms with E-state index in [0.29, 0.717) is 23.6 Å². The summed E-state index contributed by atoms with van der Waals surface area (Å²) in [5.41, 5.74) is 0. The van der Waals surface area contributed by atoms with Crippen LogP contribution in [0.25, 0.3) is 10.7 Å². The van der Waals surface area contributed by atoms with E-state index in [-0.39, 0.29) is 23.8 Å². The van der Waals surface area contributed by atoms with Gasteiger partial charge in [0.15, 0.2) is 0 Å². The van der Waals surface area contributed by atoms with Crippen LogP contribution in [0.3, 0.4) is 0 Å². The Balaban J connectivity index is 1.37. The van der Waals surface area contributed by atoms with E-state index >= 15 is 0 Å². The van der Waals surface area contributed by atoms with Gasteiger partial charge in [0, 0.05) is 24.1 Å². The van der Waals surface area contributed by atoms with E-state index in [1.165, 1.54) is 4.88 Å². The van der Waals surface area contributed by atoms with Gasteiger partial charge >= 0.3 is 0 Å². The van der Waals surface area contributed by atoms with Crippen molar-refractivity contribution in [1.29, 1.82) is 0 Å². The summed E-state index contributed by atoms with van der Waals surface area (Å²) in [5.74, 6) is 2.42. The van der Waals surface area contributed by atoms with Gasteiger partial charge in [0.05, 0.1) is 16.7 Å². The maximum atomic E-state index is 13.1. The molecule has 1 amide bonds. The highest BCUT2D eigenvalue weighted by molar-refractivity contribution is 7.15. The first kappa shape index (κ1) is 17.4. The number of ether oxygens (including phenoxy) is 1. The second-order valence-electron chi connectivity index (χ2n) is 8.15. The highest BCUT2D eigenvalue weighted by atomic mass is 32.1. The van der Waals surface area contributed by atoms with Gasteiger partial charge in [0.1, 0.15) is 0 Å². The van der Waals surface area contributed by atoms with E-state index in [4.69, 9.17) is 14.2 Å². The van der Waals surface area contributed by atoms with E-state index < -0.39 is 0 Å². The SMILES string of the molecule is Cc1ccc(-c2noc([C@H]3[C@@H]4CC[C@@H](C4)[C@@H]3C(=O)NC3CCOCC3)n2)s1. The predicted octanol–water partition coefficient (Wildman–Crippen LogP) is 3.53. The number of carbonyl (C=O) groups excluding carboxylic acids is 1. The van der Waals surface area contributed by atoms with Crippen molar-refractivity contribution < 1.29 is 14.1 Å². The van der Waals surface area contributed by atoms with Crippen LogP contribution in [0.4, 0.5) is 0 Å². The van der Waals surface area contributed by atoms with Crippen LogP contribution in [-0.2, 0) is 9.53 Å². The zero-order chi connectivity index (χ0) is 18.4. The van der Waals surface area contributed by atoms with Crippen molar-refractivity contribution in [2.45, 2.75) is 51.0 Å². The van der Waals surface area contributed by atoms with Crippen LogP contribution >= 0.6 is 11.3 Å². The number of carbonyl (C=O) groups is 1. The first-order chi connectivity index (χ1) is 13.2. The Kier molecular flexibility index (Phi) is 4.52. The fourth-order valence-electron chi connectivity index (χ4n) is 5.19. The minimum absolute atomic E-state index is 0.0371. The van der Waals surface area contributed by atoms with Crippen LogP contribution in [0.2, 0.25) is 0 Å². The Morgan fingerprint density at radius 3 is 2.78 bits per heavy atom. The van der Waals surface area contributed by atoms with E-state index in [1.54, 1.807) is 11.3 Å². The highest BCUT2D eigenvalue weighted by Crippen LogP contribution is 2.56. The molecular formula is C20H25N3O3S. The second-order valence-corrected chi connectivity index (χ2v) is 9.43. The van der Waals surface area contributed by atoms with Crippen molar-refractivity contribution >= 4 is 17.2 Å². The summed E-state index contributed by atoms with van der Waals surface area (Å²) in [6.07, 6.45) is 5.20. The molecule has 0 unspecified atom stereocenters. The molecule has 1 aliphatic heterocycles. The lowest BCUT2D eigenvalue weighted by atomic mass is 9.78. The van der Waals surface area contributed by atoms with E-state index in [0.717, 1.165) is 50.2 Å². The van der Waals surface area contributed by atoms with E-state index in [9.17, 15) is 4.79 Å². The molecule has 6 nitrogen and oxygen atoms in total. The Morgan fingerprint density at radius 1 is 1.19 bits per heavy atom. The number of thiophene rings is 1. The summed E-state index contributed by atoms with van der Waals surface area (Å²) in [5, 5.41) is 7.49. The lowest BCUT2D eigenvalue weighted by Crippen LogP contribution is -2.44. The summed E-state index contributed by atoms with van der Waals surface area (Å²) in [7, 11) is 0. The summed E-state index contributed by atoms with van der Waals surface area (Å²) in [6.45, 7) is 3.54. The Hall–Kier alpha value is -1.73. The van der Waals surface area contributed by atoms with Gasteiger partial charge in [0.25, 0.3) is 0 Å². The molecule has 3 fully saturated rings. The largest absolute Gasteiger partial charge is 0.381 e. The molecule has 2 aromatic heterocycles. The lowest BCUT2D eigenvalue weighted by molar-refractivity contribution is -0.128. The first-order valence-electron chi connectivity index (χ1n) is 9.97. The van der Waals surface area contributed by atoms with E-state index in [2.05, 4.69) is 23.5 Å². The lowest BCUT2D eigenvalue weighted by Gasteiger charge is -2.30. The number of hydrogen-bond donors (Lipinski definition) is 1. The number of fused-ring (bicyclic) bond motifs is 2. The van der Waals surface area contributed by atoms with Gasteiger partial charge < -0.3 is 14.6 Å². The molecular weight excluding hydrogens is 362 g/mol.